The van der Waals surface area contributed by atoms with Gasteiger partial charge in [0.25, 0.3) is 0 Å². The minimum atomic E-state index is -0.472. The van der Waals surface area contributed by atoms with E-state index in [0.29, 0.717) is 13.0 Å². The molecule has 1 aromatic rings. The number of benzene rings is 1. The van der Waals surface area contributed by atoms with Gasteiger partial charge in [0.15, 0.2) is 0 Å². The van der Waals surface area contributed by atoms with Crippen molar-refractivity contribution < 1.29 is 18.7 Å². The second-order valence-electron chi connectivity index (χ2n) is 4.25. The van der Waals surface area contributed by atoms with Gasteiger partial charge in [-0.05, 0) is 25.0 Å². The summed E-state index contributed by atoms with van der Waals surface area (Å²) in [7, 11) is 1.36. The Morgan fingerprint density at radius 1 is 1.20 bits per heavy atom. The highest BCUT2D eigenvalue weighted by Gasteiger charge is 2.05. The summed E-state index contributed by atoms with van der Waals surface area (Å²) < 4.78 is 17.8. The number of urea groups is 1. The highest BCUT2D eigenvalue weighted by Crippen LogP contribution is 2.11. The number of anilines is 1. The zero-order valence-corrected chi connectivity index (χ0v) is 11.4. The number of unbranched alkanes of at least 4 members (excludes halogenated alkanes) is 2. The summed E-state index contributed by atoms with van der Waals surface area (Å²) >= 11 is 0. The molecular weight excluding hydrogens is 263 g/mol. The van der Waals surface area contributed by atoms with Crippen LogP contribution in [0.5, 0.6) is 0 Å². The predicted molar refractivity (Wildman–Crippen MR) is 73.9 cm³/mol. The molecule has 0 heterocycles. The molecule has 0 aliphatic rings. The lowest BCUT2D eigenvalue weighted by molar-refractivity contribution is -0.140. The lowest BCUT2D eigenvalue weighted by atomic mass is 10.2. The first-order valence-electron chi connectivity index (χ1n) is 6.49. The number of amides is 2. The van der Waals surface area contributed by atoms with E-state index in [0.717, 1.165) is 19.3 Å². The summed E-state index contributed by atoms with van der Waals surface area (Å²) in [5.74, 6) is -0.698. The lowest BCUT2D eigenvalue weighted by Gasteiger charge is -2.08. The Morgan fingerprint density at radius 3 is 2.65 bits per heavy atom. The summed E-state index contributed by atoms with van der Waals surface area (Å²) in [4.78, 5) is 22.3. The molecule has 0 radical (unpaired) electrons. The van der Waals surface area contributed by atoms with Crippen molar-refractivity contribution in [1.29, 1.82) is 0 Å². The monoisotopic (exact) mass is 282 g/mol. The standard InChI is InChI=1S/C14H19FN2O3/c1-20-13(18)9-3-2-6-10-16-14(19)17-12-8-5-4-7-11(12)15/h4-5,7-8H,2-3,6,9-10H2,1H3,(H2,16,17,19). The zero-order valence-electron chi connectivity index (χ0n) is 11.4. The van der Waals surface area contributed by atoms with Gasteiger partial charge in [0.1, 0.15) is 5.82 Å². The Labute approximate surface area is 117 Å². The number of para-hydroxylation sites is 1. The molecule has 0 aromatic heterocycles. The van der Waals surface area contributed by atoms with E-state index in [4.69, 9.17) is 0 Å². The smallest absolute Gasteiger partial charge is 0.319 e. The molecular formula is C14H19FN2O3. The molecule has 1 aromatic carbocycles. The van der Waals surface area contributed by atoms with Crippen LogP contribution in [0, 0.1) is 5.82 Å². The van der Waals surface area contributed by atoms with Gasteiger partial charge in [0, 0.05) is 13.0 Å². The lowest BCUT2D eigenvalue weighted by Crippen LogP contribution is -2.29. The van der Waals surface area contributed by atoms with E-state index < -0.39 is 11.8 Å². The van der Waals surface area contributed by atoms with Gasteiger partial charge in [-0.25, -0.2) is 9.18 Å². The fraction of sp³-hybridized carbons (Fsp3) is 0.429. The molecule has 0 bridgehead atoms. The van der Waals surface area contributed by atoms with Crippen molar-refractivity contribution in [3.63, 3.8) is 0 Å². The third kappa shape index (κ3) is 6.17. The average molecular weight is 282 g/mol. The van der Waals surface area contributed by atoms with Crippen LogP contribution in [0.15, 0.2) is 24.3 Å². The van der Waals surface area contributed by atoms with Gasteiger partial charge in [0.2, 0.25) is 0 Å². The molecule has 6 heteroatoms. The normalized spacial score (nSPS) is 9.90. The van der Waals surface area contributed by atoms with Crippen molar-refractivity contribution in [2.75, 3.05) is 19.0 Å². The maximum Gasteiger partial charge on any atom is 0.319 e. The number of rotatable bonds is 7. The predicted octanol–water partition coefficient (Wildman–Crippen LogP) is 2.68. The van der Waals surface area contributed by atoms with Crippen LogP contribution in [0.3, 0.4) is 0 Å². The number of hydrogen-bond donors (Lipinski definition) is 2. The Balaban J connectivity index is 2.12. The Kier molecular flexibility index (Phi) is 7.10. The van der Waals surface area contributed by atoms with E-state index in [1.807, 2.05) is 0 Å². The van der Waals surface area contributed by atoms with Crippen molar-refractivity contribution in [3.05, 3.63) is 30.1 Å². The maximum atomic E-state index is 13.3. The number of nitrogens with one attached hydrogen (secondary N) is 2. The fourth-order valence-electron chi connectivity index (χ4n) is 1.60. The van der Waals surface area contributed by atoms with Crippen molar-refractivity contribution >= 4 is 17.7 Å². The molecule has 0 unspecified atom stereocenters. The zero-order chi connectivity index (χ0) is 14.8. The fourth-order valence-corrected chi connectivity index (χ4v) is 1.60. The summed E-state index contributed by atoms with van der Waals surface area (Å²) in [6.07, 6.45) is 2.68. The molecule has 1 rings (SSSR count). The number of hydrogen-bond acceptors (Lipinski definition) is 3. The van der Waals surface area contributed by atoms with Crippen LogP contribution in [0.2, 0.25) is 0 Å². The average Bonchev–Trinajstić information content (AvgIpc) is 2.44. The molecule has 5 nitrogen and oxygen atoms in total. The first kappa shape index (κ1) is 15.9. The van der Waals surface area contributed by atoms with Gasteiger partial charge in [0.05, 0.1) is 12.8 Å². The molecule has 0 fully saturated rings. The van der Waals surface area contributed by atoms with Crippen LogP contribution in [0.4, 0.5) is 14.9 Å². The first-order valence-corrected chi connectivity index (χ1v) is 6.49. The van der Waals surface area contributed by atoms with Crippen molar-refractivity contribution in [1.82, 2.24) is 5.32 Å². The maximum absolute atomic E-state index is 13.3. The topological polar surface area (TPSA) is 67.4 Å². The van der Waals surface area contributed by atoms with E-state index in [1.54, 1.807) is 12.1 Å². The van der Waals surface area contributed by atoms with Crippen LogP contribution in [-0.4, -0.2) is 25.7 Å². The van der Waals surface area contributed by atoms with Gasteiger partial charge >= 0.3 is 12.0 Å². The molecule has 0 spiro atoms. The van der Waals surface area contributed by atoms with Crippen LogP contribution < -0.4 is 10.6 Å². The molecule has 0 saturated heterocycles. The third-order valence-corrected chi connectivity index (χ3v) is 2.69. The largest absolute Gasteiger partial charge is 0.469 e. The summed E-state index contributed by atoms with van der Waals surface area (Å²) in [6, 6.07) is 5.53. The number of carbonyl (C=O) groups excluding carboxylic acids is 2. The number of halogens is 1. The van der Waals surface area contributed by atoms with Crippen molar-refractivity contribution in [2.45, 2.75) is 25.7 Å². The molecule has 0 saturated carbocycles. The molecule has 0 aliphatic carbocycles. The van der Waals surface area contributed by atoms with Gasteiger partial charge in [-0.3, -0.25) is 4.79 Å². The number of ether oxygens (including phenoxy) is 1. The van der Waals surface area contributed by atoms with Crippen molar-refractivity contribution in [2.24, 2.45) is 0 Å². The van der Waals surface area contributed by atoms with Gasteiger partial charge < -0.3 is 15.4 Å². The number of carbonyl (C=O) groups is 2. The summed E-state index contributed by atoms with van der Waals surface area (Å²) in [6.45, 7) is 0.474. The molecule has 110 valence electrons. The molecule has 0 aliphatic heterocycles. The van der Waals surface area contributed by atoms with Gasteiger partial charge in [-0.1, -0.05) is 18.6 Å². The van der Waals surface area contributed by atoms with Gasteiger partial charge in [-0.2, -0.15) is 0 Å². The highest BCUT2D eigenvalue weighted by atomic mass is 19.1. The second-order valence-corrected chi connectivity index (χ2v) is 4.25. The van der Waals surface area contributed by atoms with Crippen LogP contribution in [0.1, 0.15) is 25.7 Å². The van der Waals surface area contributed by atoms with Crippen LogP contribution in [0.25, 0.3) is 0 Å². The van der Waals surface area contributed by atoms with E-state index in [1.165, 1.54) is 19.2 Å². The minimum absolute atomic E-state index is 0.149. The molecule has 2 N–H and O–H groups in total. The number of esters is 1. The number of methoxy groups -OCH3 is 1. The van der Waals surface area contributed by atoms with Crippen molar-refractivity contribution in [3.8, 4) is 0 Å². The minimum Gasteiger partial charge on any atom is -0.469 e. The first-order chi connectivity index (χ1) is 9.63. The highest BCUT2D eigenvalue weighted by molar-refractivity contribution is 5.89. The molecule has 0 atom stereocenters. The third-order valence-electron chi connectivity index (χ3n) is 2.69. The van der Waals surface area contributed by atoms with Crippen LogP contribution in [-0.2, 0) is 9.53 Å². The molecule has 2 amide bonds. The van der Waals surface area contributed by atoms with E-state index in [-0.39, 0.29) is 11.7 Å². The van der Waals surface area contributed by atoms with E-state index >= 15 is 0 Å². The summed E-state index contributed by atoms with van der Waals surface area (Å²) in [5.41, 5.74) is 0.149. The van der Waals surface area contributed by atoms with Gasteiger partial charge in [-0.15, -0.1) is 0 Å². The Morgan fingerprint density at radius 2 is 1.95 bits per heavy atom. The van der Waals surface area contributed by atoms with E-state index in [2.05, 4.69) is 15.4 Å². The Hall–Kier alpha value is -2.11. The van der Waals surface area contributed by atoms with Crippen LogP contribution >= 0.6 is 0 Å². The summed E-state index contributed by atoms with van der Waals surface area (Å²) in [5, 5.41) is 5.06. The molecule has 20 heavy (non-hydrogen) atoms. The SMILES string of the molecule is COC(=O)CCCCCNC(=O)Nc1ccccc1F. The quantitative estimate of drug-likeness (QED) is 0.597. The van der Waals surface area contributed by atoms with E-state index in [9.17, 15) is 14.0 Å². The second kappa shape index (κ2) is 8.90. The Bertz CT molecular complexity index is 452.